The van der Waals surface area contributed by atoms with E-state index >= 15 is 0 Å². The lowest BCUT2D eigenvalue weighted by atomic mass is 10.2. The molecule has 3 heterocycles. The first kappa shape index (κ1) is 13.1. The first-order valence-electron chi connectivity index (χ1n) is 6.51. The SMILES string of the molecule is O=c1oc2cccnc2n1CCNCCc1ccsc1. The molecule has 0 amide bonds. The number of oxazole rings is 1. The summed E-state index contributed by atoms with van der Waals surface area (Å²) in [4.78, 5) is 15.9. The van der Waals surface area contributed by atoms with Gasteiger partial charge in [0, 0.05) is 19.3 Å². The van der Waals surface area contributed by atoms with Crippen LogP contribution in [0.4, 0.5) is 0 Å². The summed E-state index contributed by atoms with van der Waals surface area (Å²) < 4.78 is 6.70. The Balaban J connectivity index is 1.55. The lowest BCUT2D eigenvalue weighted by molar-refractivity contribution is 0.494. The molecule has 0 radical (unpaired) electrons. The van der Waals surface area contributed by atoms with Crippen molar-refractivity contribution >= 4 is 22.6 Å². The van der Waals surface area contributed by atoms with Crippen molar-refractivity contribution in [2.24, 2.45) is 0 Å². The minimum atomic E-state index is -0.349. The molecule has 6 heteroatoms. The van der Waals surface area contributed by atoms with Gasteiger partial charge in [-0.3, -0.25) is 4.57 Å². The Bertz CT molecular complexity index is 730. The van der Waals surface area contributed by atoms with E-state index in [1.54, 1.807) is 34.2 Å². The molecule has 104 valence electrons. The van der Waals surface area contributed by atoms with Crippen LogP contribution in [0.5, 0.6) is 0 Å². The van der Waals surface area contributed by atoms with Crippen molar-refractivity contribution in [1.29, 1.82) is 0 Å². The second-order valence-electron chi connectivity index (χ2n) is 4.48. The summed E-state index contributed by atoms with van der Waals surface area (Å²) in [5, 5.41) is 7.56. The van der Waals surface area contributed by atoms with Crippen LogP contribution in [0, 0.1) is 0 Å². The number of fused-ring (bicyclic) bond motifs is 1. The zero-order valence-corrected chi connectivity index (χ0v) is 11.7. The van der Waals surface area contributed by atoms with E-state index in [0.717, 1.165) is 19.5 Å². The Kier molecular flexibility index (Phi) is 3.94. The number of thiophene rings is 1. The topological polar surface area (TPSA) is 60.1 Å². The largest absolute Gasteiger partial charge is 0.421 e. The van der Waals surface area contributed by atoms with Crippen LogP contribution in [-0.4, -0.2) is 22.6 Å². The van der Waals surface area contributed by atoms with Crippen LogP contribution in [-0.2, 0) is 13.0 Å². The van der Waals surface area contributed by atoms with Gasteiger partial charge in [0.25, 0.3) is 0 Å². The number of aromatic nitrogens is 2. The third-order valence-corrected chi connectivity index (χ3v) is 3.84. The van der Waals surface area contributed by atoms with Gasteiger partial charge < -0.3 is 9.73 Å². The zero-order chi connectivity index (χ0) is 13.8. The monoisotopic (exact) mass is 289 g/mol. The molecular formula is C14H15N3O2S. The van der Waals surface area contributed by atoms with Gasteiger partial charge >= 0.3 is 5.76 Å². The zero-order valence-electron chi connectivity index (χ0n) is 10.9. The molecule has 0 aliphatic rings. The van der Waals surface area contributed by atoms with Crippen molar-refractivity contribution in [3.05, 3.63) is 51.3 Å². The Morgan fingerprint density at radius 2 is 2.30 bits per heavy atom. The number of pyridine rings is 1. The van der Waals surface area contributed by atoms with Crippen LogP contribution in [0.25, 0.3) is 11.2 Å². The molecule has 0 bridgehead atoms. The molecule has 0 fully saturated rings. The fraction of sp³-hybridized carbons (Fsp3) is 0.286. The quantitative estimate of drug-likeness (QED) is 0.704. The van der Waals surface area contributed by atoms with E-state index in [0.29, 0.717) is 17.8 Å². The van der Waals surface area contributed by atoms with E-state index in [1.165, 1.54) is 5.56 Å². The van der Waals surface area contributed by atoms with E-state index in [1.807, 2.05) is 0 Å². The maximum atomic E-state index is 11.7. The molecule has 20 heavy (non-hydrogen) atoms. The first-order valence-corrected chi connectivity index (χ1v) is 7.45. The third-order valence-electron chi connectivity index (χ3n) is 3.11. The van der Waals surface area contributed by atoms with E-state index in [9.17, 15) is 4.79 Å². The molecular weight excluding hydrogens is 274 g/mol. The van der Waals surface area contributed by atoms with Crippen molar-refractivity contribution in [1.82, 2.24) is 14.9 Å². The molecule has 0 saturated heterocycles. The minimum Gasteiger partial charge on any atom is -0.406 e. The predicted molar refractivity (Wildman–Crippen MR) is 79.2 cm³/mol. The molecule has 5 nitrogen and oxygen atoms in total. The second kappa shape index (κ2) is 6.02. The fourth-order valence-electron chi connectivity index (χ4n) is 2.08. The van der Waals surface area contributed by atoms with Gasteiger partial charge in [0.05, 0.1) is 0 Å². The summed E-state index contributed by atoms with van der Waals surface area (Å²) in [6.45, 7) is 2.18. The summed E-state index contributed by atoms with van der Waals surface area (Å²) in [6.07, 6.45) is 2.67. The number of nitrogens with zero attached hydrogens (tertiary/aromatic N) is 2. The molecule has 0 aliphatic heterocycles. The third kappa shape index (κ3) is 2.81. The second-order valence-corrected chi connectivity index (χ2v) is 5.26. The van der Waals surface area contributed by atoms with Gasteiger partial charge in [-0.2, -0.15) is 11.3 Å². The summed E-state index contributed by atoms with van der Waals surface area (Å²) in [5.74, 6) is -0.349. The van der Waals surface area contributed by atoms with Gasteiger partial charge in [0.2, 0.25) is 0 Å². The van der Waals surface area contributed by atoms with Crippen molar-refractivity contribution in [2.45, 2.75) is 13.0 Å². The van der Waals surface area contributed by atoms with E-state index < -0.39 is 0 Å². The summed E-state index contributed by atoms with van der Waals surface area (Å²) in [7, 11) is 0. The van der Waals surface area contributed by atoms with Crippen LogP contribution in [0.2, 0.25) is 0 Å². The molecule has 0 unspecified atom stereocenters. The van der Waals surface area contributed by atoms with E-state index in [2.05, 4.69) is 27.1 Å². The van der Waals surface area contributed by atoms with E-state index in [4.69, 9.17) is 4.42 Å². The maximum Gasteiger partial charge on any atom is 0.421 e. The van der Waals surface area contributed by atoms with Crippen molar-refractivity contribution < 1.29 is 4.42 Å². The average Bonchev–Trinajstić information content (AvgIpc) is 3.06. The highest BCUT2D eigenvalue weighted by atomic mass is 32.1. The number of nitrogens with one attached hydrogen (secondary N) is 1. The molecule has 3 aromatic rings. The standard InChI is InChI=1S/C14H15N3O2S/c18-14-17(13-12(19-14)2-1-5-16-13)8-7-15-6-3-11-4-9-20-10-11/h1-2,4-5,9-10,15H,3,6-8H2. The molecule has 3 aromatic heterocycles. The highest BCUT2D eigenvalue weighted by molar-refractivity contribution is 7.07. The van der Waals surface area contributed by atoms with Crippen LogP contribution >= 0.6 is 11.3 Å². The Morgan fingerprint density at radius 3 is 3.15 bits per heavy atom. The summed E-state index contributed by atoms with van der Waals surface area (Å²) >= 11 is 1.71. The minimum absolute atomic E-state index is 0.349. The molecule has 3 rings (SSSR count). The van der Waals surface area contributed by atoms with Crippen LogP contribution in [0.1, 0.15) is 5.56 Å². The summed E-state index contributed by atoms with van der Waals surface area (Å²) in [5.41, 5.74) is 2.49. The van der Waals surface area contributed by atoms with Crippen molar-refractivity contribution in [3.63, 3.8) is 0 Å². The smallest absolute Gasteiger partial charge is 0.406 e. The van der Waals surface area contributed by atoms with Gasteiger partial charge in [-0.25, -0.2) is 9.78 Å². The predicted octanol–water partition coefficient (Wildman–Crippen LogP) is 1.88. The Morgan fingerprint density at radius 1 is 1.35 bits per heavy atom. The number of hydrogen-bond acceptors (Lipinski definition) is 5. The number of rotatable bonds is 6. The van der Waals surface area contributed by atoms with Crippen LogP contribution in [0.3, 0.4) is 0 Å². The van der Waals surface area contributed by atoms with Gasteiger partial charge in [0.1, 0.15) is 0 Å². The van der Waals surface area contributed by atoms with Gasteiger partial charge in [-0.05, 0) is 47.5 Å². The molecule has 0 spiro atoms. The molecule has 0 atom stereocenters. The number of hydrogen-bond donors (Lipinski definition) is 1. The average molecular weight is 289 g/mol. The lowest BCUT2D eigenvalue weighted by Gasteiger charge is -2.04. The van der Waals surface area contributed by atoms with Gasteiger partial charge in [0.15, 0.2) is 11.2 Å². The van der Waals surface area contributed by atoms with Crippen molar-refractivity contribution in [3.8, 4) is 0 Å². The first-order chi connectivity index (χ1) is 9.84. The fourth-order valence-corrected chi connectivity index (χ4v) is 2.78. The Labute approximate surface area is 119 Å². The molecule has 0 aliphatic carbocycles. The maximum absolute atomic E-state index is 11.7. The highest BCUT2D eigenvalue weighted by Gasteiger charge is 2.08. The molecule has 0 saturated carbocycles. The summed E-state index contributed by atoms with van der Waals surface area (Å²) in [6, 6.07) is 5.64. The molecule has 1 N–H and O–H groups in total. The van der Waals surface area contributed by atoms with Crippen LogP contribution in [0.15, 0.2) is 44.4 Å². The van der Waals surface area contributed by atoms with Crippen LogP contribution < -0.4 is 11.1 Å². The van der Waals surface area contributed by atoms with Gasteiger partial charge in [-0.1, -0.05) is 0 Å². The Hall–Kier alpha value is -1.92. The normalized spacial score (nSPS) is 11.2. The van der Waals surface area contributed by atoms with Gasteiger partial charge in [-0.15, -0.1) is 0 Å². The lowest BCUT2D eigenvalue weighted by Crippen LogP contribution is -2.26. The highest BCUT2D eigenvalue weighted by Crippen LogP contribution is 2.08. The molecule has 0 aromatic carbocycles. The van der Waals surface area contributed by atoms with Crippen molar-refractivity contribution in [2.75, 3.05) is 13.1 Å². The van der Waals surface area contributed by atoms with E-state index in [-0.39, 0.29) is 5.76 Å².